The van der Waals surface area contributed by atoms with Crippen LogP contribution in [-0.2, 0) is 4.79 Å². The highest BCUT2D eigenvalue weighted by atomic mass is 16.1. The Morgan fingerprint density at radius 3 is 3.05 bits per heavy atom. The van der Waals surface area contributed by atoms with Crippen LogP contribution in [-0.4, -0.2) is 24.0 Å². The molecule has 2 aromatic rings. The first-order valence-corrected chi connectivity index (χ1v) is 6.18. The SMILES string of the molecule is C=CCNCC(=O)Nc1ccc(C)c2ncccc12. The molecule has 1 aromatic heterocycles. The number of aromatic nitrogens is 1. The number of pyridine rings is 1. The van der Waals surface area contributed by atoms with Crippen molar-refractivity contribution in [3.8, 4) is 0 Å². The fraction of sp³-hybridized carbons (Fsp3) is 0.200. The van der Waals surface area contributed by atoms with Crippen molar-refractivity contribution in [2.24, 2.45) is 0 Å². The Morgan fingerprint density at radius 2 is 2.26 bits per heavy atom. The van der Waals surface area contributed by atoms with E-state index in [-0.39, 0.29) is 12.5 Å². The lowest BCUT2D eigenvalue weighted by Gasteiger charge is -2.10. The Labute approximate surface area is 112 Å². The molecule has 0 spiro atoms. The molecule has 2 rings (SSSR count). The monoisotopic (exact) mass is 255 g/mol. The van der Waals surface area contributed by atoms with Gasteiger partial charge in [-0.25, -0.2) is 0 Å². The van der Waals surface area contributed by atoms with Crippen LogP contribution in [0.1, 0.15) is 5.56 Å². The number of hydrogen-bond donors (Lipinski definition) is 2. The van der Waals surface area contributed by atoms with Gasteiger partial charge in [0.05, 0.1) is 17.7 Å². The molecule has 1 amide bonds. The highest BCUT2D eigenvalue weighted by molar-refractivity contribution is 6.02. The van der Waals surface area contributed by atoms with Gasteiger partial charge in [0, 0.05) is 18.1 Å². The molecule has 1 aromatic carbocycles. The van der Waals surface area contributed by atoms with Crippen LogP contribution in [0.25, 0.3) is 10.9 Å². The number of nitrogens with one attached hydrogen (secondary N) is 2. The standard InChI is InChI=1S/C15H17N3O/c1-3-8-16-10-14(19)18-13-7-6-11(2)15-12(13)5-4-9-17-15/h3-7,9,16H,1,8,10H2,2H3,(H,18,19). The lowest BCUT2D eigenvalue weighted by atomic mass is 10.1. The Balaban J connectivity index is 2.19. The molecule has 19 heavy (non-hydrogen) atoms. The summed E-state index contributed by atoms with van der Waals surface area (Å²) in [5.74, 6) is -0.0733. The predicted molar refractivity (Wildman–Crippen MR) is 78.2 cm³/mol. The van der Waals surface area contributed by atoms with Gasteiger partial charge in [-0.15, -0.1) is 6.58 Å². The number of nitrogens with zero attached hydrogens (tertiary/aromatic N) is 1. The van der Waals surface area contributed by atoms with Crippen molar-refractivity contribution >= 4 is 22.5 Å². The number of amides is 1. The van der Waals surface area contributed by atoms with Crippen LogP contribution in [0.5, 0.6) is 0 Å². The Kier molecular flexibility index (Phi) is 4.26. The van der Waals surface area contributed by atoms with Gasteiger partial charge >= 0.3 is 0 Å². The van der Waals surface area contributed by atoms with Gasteiger partial charge in [0.1, 0.15) is 0 Å². The van der Waals surface area contributed by atoms with Crippen LogP contribution >= 0.6 is 0 Å². The molecule has 0 aliphatic carbocycles. The zero-order valence-corrected chi connectivity index (χ0v) is 10.9. The van der Waals surface area contributed by atoms with Crippen molar-refractivity contribution in [1.29, 1.82) is 0 Å². The molecule has 0 saturated heterocycles. The van der Waals surface area contributed by atoms with Crippen molar-refractivity contribution in [2.45, 2.75) is 6.92 Å². The molecule has 4 nitrogen and oxygen atoms in total. The van der Waals surface area contributed by atoms with E-state index in [2.05, 4.69) is 22.2 Å². The Hall–Kier alpha value is -2.20. The summed E-state index contributed by atoms with van der Waals surface area (Å²) in [6.07, 6.45) is 3.48. The molecule has 0 unspecified atom stereocenters. The molecule has 0 fully saturated rings. The molecule has 2 N–H and O–H groups in total. The number of rotatable bonds is 5. The highest BCUT2D eigenvalue weighted by Gasteiger charge is 2.07. The smallest absolute Gasteiger partial charge is 0.238 e. The average Bonchev–Trinajstić information content (AvgIpc) is 2.43. The average molecular weight is 255 g/mol. The third-order valence-corrected chi connectivity index (χ3v) is 2.82. The summed E-state index contributed by atoms with van der Waals surface area (Å²) in [4.78, 5) is 16.1. The van der Waals surface area contributed by atoms with Crippen LogP contribution < -0.4 is 10.6 Å². The first kappa shape index (κ1) is 13.2. The molecule has 0 aliphatic rings. The number of anilines is 1. The number of aryl methyl sites for hydroxylation is 1. The second kappa shape index (κ2) is 6.11. The lowest BCUT2D eigenvalue weighted by molar-refractivity contribution is -0.115. The van der Waals surface area contributed by atoms with E-state index in [0.29, 0.717) is 6.54 Å². The Bertz CT molecular complexity index is 607. The summed E-state index contributed by atoms with van der Waals surface area (Å²) >= 11 is 0. The fourth-order valence-electron chi connectivity index (χ4n) is 1.91. The molecule has 0 saturated carbocycles. The van der Waals surface area contributed by atoms with Gasteiger partial charge in [-0.1, -0.05) is 12.1 Å². The number of fused-ring (bicyclic) bond motifs is 1. The minimum atomic E-state index is -0.0733. The van der Waals surface area contributed by atoms with E-state index >= 15 is 0 Å². The van der Waals surface area contributed by atoms with Crippen LogP contribution in [0, 0.1) is 6.92 Å². The number of hydrogen-bond acceptors (Lipinski definition) is 3. The van der Waals surface area contributed by atoms with Crippen LogP contribution in [0.15, 0.2) is 43.1 Å². The van der Waals surface area contributed by atoms with Crippen LogP contribution in [0.3, 0.4) is 0 Å². The Morgan fingerprint density at radius 1 is 1.42 bits per heavy atom. The van der Waals surface area contributed by atoms with Gasteiger partial charge in [-0.3, -0.25) is 9.78 Å². The second-order valence-electron chi connectivity index (χ2n) is 4.30. The first-order valence-electron chi connectivity index (χ1n) is 6.18. The molecule has 4 heteroatoms. The van der Waals surface area contributed by atoms with Crippen molar-refractivity contribution < 1.29 is 4.79 Å². The van der Waals surface area contributed by atoms with Gasteiger partial charge < -0.3 is 10.6 Å². The van der Waals surface area contributed by atoms with Gasteiger partial charge in [-0.2, -0.15) is 0 Å². The van der Waals surface area contributed by atoms with E-state index in [4.69, 9.17) is 0 Å². The summed E-state index contributed by atoms with van der Waals surface area (Å²) in [5, 5.41) is 6.82. The summed E-state index contributed by atoms with van der Waals surface area (Å²) in [7, 11) is 0. The van der Waals surface area contributed by atoms with Crippen molar-refractivity contribution in [1.82, 2.24) is 10.3 Å². The fourth-order valence-corrected chi connectivity index (χ4v) is 1.91. The highest BCUT2D eigenvalue weighted by Crippen LogP contribution is 2.24. The second-order valence-corrected chi connectivity index (χ2v) is 4.30. The maximum Gasteiger partial charge on any atom is 0.238 e. The van der Waals surface area contributed by atoms with Crippen molar-refractivity contribution in [2.75, 3.05) is 18.4 Å². The quantitative estimate of drug-likeness (QED) is 0.636. The van der Waals surface area contributed by atoms with Crippen LogP contribution in [0.4, 0.5) is 5.69 Å². The molecular weight excluding hydrogens is 238 g/mol. The maximum absolute atomic E-state index is 11.8. The number of benzene rings is 1. The molecule has 0 radical (unpaired) electrons. The van der Waals surface area contributed by atoms with Gasteiger partial charge in [-0.05, 0) is 30.7 Å². The van der Waals surface area contributed by atoms with Gasteiger partial charge in [0.2, 0.25) is 5.91 Å². The van der Waals surface area contributed by atoms with E-state index in [1.165, 1.54) is 0 Å². The predicted octanol–water partition coefficient (Wildman–Crippen LogP) is 2.26. The van der Waals surface area contributed by atoms with E-state index in [9.17, 15) is 4.79 Å². The minimum Gasteiger partial charge on any atom is -0.324 e. The summed E-state index contributed by atoms with van der Waals surface area (Å²) in [6.45, 7) is 6.48. The number of carbonyl (C=O) groups excluding carboxylic acids is 1. The molecular formula is C15H17N3O. The van der Waals surface area contributed by atoms with Crippen LogP contribution in [0.2, 0.25) is 0 Å². The molecule has 0 bridgehead atoms. The summed E-state index contributed by atoms with van der Waals surface area (Å²) in [6, 6.07) is 7.70. The summed E-state index contributed by atoms with van der Waals surface area (Å²) < 4.78 is 0. The van der Waals surface area contributed by atoms with E-state index in [0.717, 1.165) is 22.2 Å². The zero-order chi connectivity index (χ0) is 13.7. The van der Waals surface area contributed by atoms with Gasteiger partial charge in [0.15, 0.2) is 0 Å². The molecule has 98 valence electrons. The van der Waals surface area contributed by atoms with Gasteiger partial charge in [0.25, 0.3) is 0 Å². The minimum absolute atomic E-state index is 0.0733. The van der Waals surface area contributed by atoms with Crippen molar-refractivity contribution in [3.63, 3.8) is 0 Å². The topological polar surface area (TPSA) is 54.0 Å². The maximum atomic E-state index is 11.8. The normalized spacial score (nSPS) is 10.4. The van der Waals surface area contributed by atoms with E-state index in [1.54, 1.807) is 12.3 Å². The molecule has 0 atom stereocenters. The van der Waals surface area contributed by atoms with E-state index in [1.807, 2.05) is 31.2 Å². The van der Waals surface area contributed by atoms with E-state index < -0.39 is 0 Å². The largest absolute Gasteiger partial charge is 0.324 e. The summed E-state index contributed by atoms with van der Waals surface area (Å²) in [5.41, 5.74) is 2.80. The first-order chi connectivity index (χ1) is 9.22. The van der Waals surface area contributed by atoms with Crippen molar-refractivity contribution in [3.05, 3.63) is 48.7 Å². The third-order valence-electron chi connectivity index (χ3n) is 2.82. The zero-order valence-electron chi connectivity index (χ0n) is 10.9. The molecule has 0 aliphatic heterocycles. The number of carbonyl (C=O) groups is 1. The third kappa shape index (κ3) is 3.17. The molecule has 1 heterocycles. The lowest BCUT2D eigenvalue weighted by Crippen LogP contribution is -2.28.